The van der Waals surface area contributed by atoms with Gasteiger partial charge < -0.3 is 16.0 Å². The Labute approximate surface area is 120 Å². The fourth-order valence-corrected chi connectivity index (χ4v) is 1.57. The standard InChI is InChI=1S/C12H24N4O2S/c1-4-16(9-11(17)14-2)8-6-12(18)15(3)7-5-10(13)19/h4-9H2,1-3H3,(H2,13,19)(H,14,17). The quantitative estimate of drug-likeness (QED) is 0.563. The minimum atomic E-state index is -0.0452. The van der Waals surface area contributed by atoms with Crippen molar-refractivity contribution in [1.82, 2.24) is 15.1 Å². The normalized spacial score (nSPS) is 10.3. The van der Waals surface area contributed by atoms with Crippen molar-refractivity contribution in [2.75, 3.05) is 40.3 Å². The van der Waals surface area contributed by atoms with Gasteiger partial charge in [-0.25, -0.2) is 0 Å². The highest BCUT2D eigenvalue weighted by Crippen LogP contribution is 1.97. The Hall–Kier alpha value is -1.21. The molecule has 0 fully saturated rings. The third-order valence-corrected chi connectivity index (χ3v) is 3.06. The van der Waals surface area contributed by atoms with Crippen LogP contribution in [-0.2, 0) is 9.59 Å². The lowest BCUT2D eigenvalue weighted by atomic mass is 10.3. The molecule has 0 saturated carbocycles. The number of rotatable bonds is 9. The largest absolute Gasteiger partial charge is 0.393 e. The Kier molecular flexibility index (Phi) is 9.07. The van der Waals surface area contributed by atoms with Crippen LogP contribution in [0, 0.1) is 0 Å². The molecule has 19 heavy (non-hydrogen) atoms. The van der Waals surface area contributed by atoms with Gasteiger partial charge in [-0.05, 0) is 6.54 Å². The first-order chi connectivity index (χ1) is 8.90. The molecule has 0 spiro atoms. The molecule has 0 aliphatic heterocycles. The Morgan fingerprint density at radius 2 is 1.89 bits per heavy atom. The van der Waals surface area contributed by atoms with E-state index in [9.17, 15) is 9.59 Å². The Morgan fingerprint density at radius 3 is 2.37 bits per heavy atom. The number of carbonyl (C=O) groups is 2. The molecule has 6 nitrogen and oxygen atoms in total. The van der Waals surface area contributed by atoms with Gasteiger partial charge in [0.1, 0.15) is 0 Å². The highest BCUT2D eigenvalue weighted by molar-refractivity contribution is 7.80. The maximum atomic E-state index is 11.8. The molecule has 0 aromatic rings. The Morgan fingerprint density at radius 1 is 1.26 bits per heavy atom. The molecule has 110 valence electrons. The number of amides is 2. The van der Waals surface area contributed by atoms with Gasteiger partial charge in [0.25, 0.3) is 0 Å². The summed E-state index contributed by atoms with van der Waals surface area (Å²) < 4.78 is 0. The summed E-state index contributed by atoms with van der Waals surface area (Å²) in [4.78, 5) is 27.1. The predicted molar refractivity (Wildman–Crippen MR) is 79.8 cm³/mol. The van der Waals surface area contributed by atoms with Gasteiger partial charge in [0.2, 0.25) is 11.8 Å². The molecule has 0 radical (unpaired) electrons. The smallest absolute Gasteiger partial charge is 0.233 e. The van der Waals surface area contributed by atoms with E-state index in [0.29, 0.717) is 37.5 Å². The predicted octanol–water partition coefficient (Wildman–Crippen LogP) is -0.421. The molecule has 0 unspecified atom stereocenters. The van der Waals surface area contributed by atoms with E-state index in [4.69, 9.17) is 18.0 Å². The molecule has 0 aromatic carbocycles. The summed E-state index contributed by atoms with van der Waals surface area (Å²) in [6, 6.07) is 0. The van der Waals surface area contributed by atoms with Gasteiger partial charge >= 0.3 is 0 Å². The van der Waals surface area contributed by atoms with Gasteiger partial charge in [0.05, 0.1) is 11.5 Å². The number of nitrogens with two attached hydrogens (primary N) is 1. The second-order valence-corrected chi connectivity index (χ2v) is 4.85. The van der Waals surface area contributed by atoms with Crippen molar-refractivity contribution in [3.8, 4) is 0 Å². The number of carbonyl (C=O) groups excluding carboxylic acids is 2. The van der Waals surface area contributed by atoms with Crippen LogP contribution in [0.5, 0.6) is 0 Å². The molecule has 0 heterocycles. The zero-order chi connectivity index (χ0) is 14.8. The lowest BCUT2D eigenvalue weighted by Crippen LogP contribution is -2.38. The van der Waals surface area contributed by atoms with Crippen molar-refractivity contribution < 1.29 is 9.59 Å². The third-order valence-electron chi connectivity index (χ3n) is 2.85. The van der Waals surface area contributed by atoms with Gasteiger partial charge in [0.15, 0.2) is 0 Å². The third kappa shape index (κ3) is 8.50. The summed E-state index contributed by atoms with van der Waals surface area (Å²) in [5.41, 5.74) is 5.40. The number of likely N-dealkylation sites (N-methyl/N-ethyl adjacent to an activating group) is 2. The summed E-state index contributed by atoms with van der Waals surface area (Å²) in [5, 5.41) is 2.57. The zero-order valence-corrected chi connectivity index (χ0v) is 12.8. The lowest BCUT2D eigenvalue weighted by Gasteiger charge is -2.21. The molecular formula is C12H24N4O2S. The number of hydrogen-bond donors (Lipinski definition) is 2. The first-order valence-corrected chi connectivity index (χ1v) is 6.76. The summed E-state index contributed by atoms with van der Waals surface area (Å²) in [5.74, 6) is -0.0114. The van der Waals surface area contributed by atoms with Crippen LogP contribution in [0.2, 0.25) is 0 Å². The second-order valence-electron chi connectivity index (χ2n) is 4.32. The van der Waals surface area contributed by atoms with E-state index in [-0.39, 0.29) is 11.8 Å². The van der Waals surface area contributed by atoms with Crippen molar-refractivity contribution in [3.63, 3.8) is 0 Å². The van der Waals surface area contributed by atoms with Gasteiger partial charge in [-0.1, -0.05) is 19.1 Å². The number of nitrogens with one attached hydrogen (secondary N) is 1. The van der Waals surface area contributed by atoms with Crippen LogP contribution in [-0.4, -0.2) is 66.9 Å². The lowest BCUT2D eigenvalue weighted by molar-refractivity contribution is -0.130. The highest BCUT2D eigenvalue weighted by Gasteiger charge is 2.12. The Balaban J connectivity index is 4.04. The summed E-state index contributed by atoms with van der Waals surface area (Å²) in [6.07, 6.45) is 0.923. The minimum absolute atomic E-state index is 0.0339. The van der Waals surface area contributed by atoms with Crippen molar-refractivity contribution in [2.24, 2.45) is 5.73 Å². The van der Waals surface area contributed by atoms with Crippen molar-refractivity contribution in [1.29, 1.82) is 0 Å². The van der Waals surface area contributed by atoms with E-state index in [1.54, 1.807) is 19.0 Å². The molecule has 0 aliphatic carbocycles. The molecule has 0 aromatic heterocycles. The Bertz CT molecular complexity index is 323. The van der Waals surface area contributed by atoms with E-state index in [1.165, 1.54) is 0 Å². The van der Waals surface area contributed by atoms with E-state index < -0.39 is 0 Å². The monoisotopic (exact) mass is 288 g/mol. The molecule has 0 rings (SSSR count). The van der Waals surface area contributed by atoms with E-state index >= 15 is 0 Å². The fraction of sp³-hybridized carbons (Fsp3) is 0.750. The van der Waals surface area contributed by atoms with Crippen molar-refractivity contribution in [3.05, 3.63) is 0 Å². The van der Waals surface area contributed by atoms with E-state index in [0.717, 1.165) is 6.54 Å². The van der Waals surface area contributed by atoms with Crippen LogP contribution in [0.3, 0.4) is 0 Å². The summed E-state index contributed by atoms with van der Waals surface area (Å²) in [7, 11) is 3.33. The van der Waals surface area contributed by atoms with Crippen LogP contribution in [0.1, 0.15) is 19.8 Å². The maximum absolute atomic E-state index is 11.8. The van der Waals surface area contributed by atoms with Crippen LogP contribution in [0.4, 0.5) is 0 Å². The molecular weight excluding hydrogens is 264 g/mol. The average Bonchev–Trinajstić information content (AvgIpc) is 2.39. The van der Waals surface area contributed by atoms with Crippen molar-refractivity contribution >= 4 is 29.0 Å². The molecule has 0 saturated heterocycles. The van der Waals surface area contributed by atoms with Crippen LogP contribution in [0.15, 0.2) is 0 Å². The average molecular weight is 288 g/mol. The van der Waals surface area contributed by atoms with Crippen LogP contribution in [0.25, 0.3) is 0 Å². The van der Waals surface area contributed by atoms with Crippen LogP contribution >= 0.6 is 12.2 Å². The van der Waals surface area contributed by atoms with Gasteiger partial charge in [0, 0.05) is 40.0 Å². The van der Waals surface area contributed by atoms with Gasteiger partial charge in [-0.2, -0.15) is 0 Å². The van der Waals surface area contributed by atoms with Crippen molar-refractivity contribution in [2.45, 2.75) is 19.8 Å². The molecule has 0 aliphatic rings. The van der Waals surface area contributed by atoms with Crippen LogP contribution < -0.4 is 11.1 Å². The van der Waals surface area contributed by atoms with E-state index in [1.807, 2.05) is 11.8 Å². The summed E-state index contributed by atoms with van der Waals surface area (Å²) in [6.45, 7) is 4.12. The molecule has 0 bridgehead atoms. The topological polar surface area (TPSA) is 78.7 Å². The zero-order valence-electron chi connectivity index (χ0n) is 11.9. The summed E-state index contributed by atoms with van der Waals surface area (Å²) >= 11 is 4.77. The maximum Gasteiger partial charge on any atom is 0.233 e. The minimum Gasteiger partial charge on any atom is -0.393 e. The highest BCUT2D eigenvalue weighted by atomic mass is 32.1. The molecule has 0 atom stereocenters. The second kappa shape index (κ2) is 9.69. The molecule has 7 heteroatoms. The first kappa shape index (κ1) is 17.8. The number of thiocarbonyl (C=S) groups is 1. The first-order valence-electron chi connectivity index (χ1n) is 6.35. The molecule has 2 amide bonds. The fourth-order valence-electron chi connectivity index (χ4n) is 1.48. The number of nitrogens with zero attached hydrogens (tertiary/aromatic N) is 2. The van der Waals surface area contributed by atoms with E-state index in [2.05, 4.69) is 5.32 Å². The van der Waals surface area contributed by atoms with Gasteiger partial charge in [-0.3, -0.25) is 14.5 Å². The number of hydrogen-bond acceptors (Lipinski definition) is 4. The molecule has 3 N–H and O–H groups in total. The SMILES string of the molecule is CCN(CCC(=O)N(C)CCC(N)=S)CC(=O)NC. The van der Waals surface area contributed by atoms with Gasteiger partial charge in [-0.15, -0.1) is 0 Å².